The van der Waals surface area contributed by atoms with Gasteiger partial charge in [0.1, 0.15) is 22.6 Å². The van der Waals surface area contributed by atoms with Crippen LogP contribution in [0.2, 0.25) is 0 Å². The van der Waals surface area contributed by atoms with E-state index in [9.17, 15) is 10.2 Å². The summed E-state index contributed by atoms with van der Waals surface area (Å²) in [6.07, 6.45) is 0. The van der Waals surface area contributed by atoms with E-state index in [0.717, 1.165) is 22.3 Å². The molecule has 2 aromatic carbocycles. The zero-order chi connectivity index (χ0) is 17.6. The Morgan fingerprint density at radius 2 is 1.84 bits per heavy atom. The van der Waals surface area contributed by atoms with Crippen molar-refractivity contribution in [2.45, 2.75) is 19.9 Å². The van der Waals surface area contributed by atoms with Crippen molar-refractivity contribution in [1.82, 2.24) is 15.0 Å². The molecule has 25 heavy (non-hydrogen) atoms. The zero-order valence-corrected chi connectivity index (χ0v) is 13.9. The minimum Gasteiger partial charge on any atom is -0.507 e. The van der Waals surface area contributed by atoms with Gasteiger partial charge in [0, 0.05) is 11.6 Å². The molecule has 7 heteroatoms. The van der Waals surface area contributed by atoms with Crippen LogP contribution in [-0.2, 0) is 0 Å². The summed E-state index contributed by atoms with van der Waals surface area (Å²) in [6.45, 7) is 4.50. The predicted octanol–water partition coefficient (Wildman–Crippen LogP) is 2.67. The fourth-order valence-corrected chi connectivity index (χ4v) is 2.90. The Kier molecular flexibility index (Phi) is 3.49. The highest BCUT2D eigenvalue weighted by Crippen LogP contribution is 2.29. The fraction of sp³-hybridized carbons (Fsp3) is 0.222. The molecule has 0 atom stereocenters. The summed E-state index contributed by atoms with van der Waals surface area (Å²) in [5.41, 5.74) is 3.68. The first-order chi connectivity index (χ1) is 12.0. The smallest absolute Gasteiger partial charge is 0.162 e. The molecule has 0 amide bonds. The second-order valence-corrected chi connectivity index (χ2v) is 6.20. The van der Waals surface area contributed by atoms with E-state index >= 15 is 0 Å². The van der Waals surface area contributed by atoms with Gasteiger partial charge in [0.2, 0.25) is 0 Å². The van der Waals surface area contributed by atoms with E-state index in [4.69, 9.17) is 0 Å². The number of aliphatic imine (C=N–C) groups is 2. The van der Waals surface area contributed by atoms with Gasteiger partial charge in [0.25, 0.3) is 0 Å². The van der Waals surface area contributed by atoms with Gasteiger partial charge in [-0.2, -0.15) is 0 Å². The second kappa shape index (κ2) is 5.70. The van der Waals surface area contributed by atoms with Crippen molar-refractivity contribution >= 4 is 22.6 Å². The first-order valence-corrected chi connectivity index (χ1v) is 8.03. The van der Waals surface area contributed by atoms with Crippen molar-refractivity contribution < 1.29 is 10.2 Å². The summed E-state index contributed by atoms with van der Waals surface area (Å²) in [5, 5.41) is 28.3. The van der Waals surface area contributed by atoms with Gasteiger partial charge in [0.15, 0.2) is 5.84 Å². The van der Waals surface area contributed by atoms with E-state index in [1.807, 2.05) is 22.9 Å². The van der Waals surface area contributed by atoms with E-state index in [2.05, 4.69) is 34.1 Å². The quantitative estimate of drug-likeness (QED) is 0.769. The third kappa shape index (κ3) is 2.53. The number of phenolic OH excluding ortho intramolecular Hbond substituents is 2. The molecule has 2 N–H and O–H groups in total. The molecule has 0 fully saturated rings. The lowest BCUT2D eigenvalue weighted by Gasteiger charge is -2.06. The molecule has 3 aromatic rings. The van der Waals surface area contributed by atoms with Crippen LogP contribution in [0.15, 0.2) is 46.4 Å². The number of hydrogen-bond donors (Lipinski definition) is 2. The Morgan fingerprint density at radius 3 is 2.56 bits per heavy atom. The fourth-order valence-electron chi connectivity index (χ4n) is 2.90. The molecule has 0 aliphatic carbocycles. The van der Waals surface area contributed by atoms with Gasteiger partial charge in [-0.1, -0.05) is 17.3 Å². The molecule has 0 unspecified atom stereocenters. The number of phenols is 2. The number of rotatable bonds is 3. The van der Waals surface area contributed by atoms with Crippen LogP contribution >= 0.6 is 0 Å². The molecule has 1 aromatic heterocycles. The van der Waals surface area contributed by atoms with Crippen LogP contribution in [0, 0.1) is 0 Å². The van der Waals surface area contributed by atoms with E-state index < -0.39 is 0 Å². The van der Waals surface area contributed by atoms with Gasteiger partial charge in [-0.05, 0) is 38.1 Å². The molecule has 0 radical (unpaired) electrons. The van der Waals surface area contributed by atoms with Crippen LogP contribution < -0.4 is 0 Å². The van der Waals surface area contributed by atoms with Crippen LogP contribution in [0.3, 0.4) is 0 Å². The predicted molar refractivity (Wildman–Crippen MR) is 95.6 cm³/mol. The molecule has 2 heterocycles. The van der Waals surface area contributed by atoms with Crippen molar-refractivity contribution in [2.75, 3.05) is 6.54 Å². The monoisotopic (exact) mass is 335 g/mol. The van der Waals surface area contributed by atoms with Crippen LogP contribution in [0.4, 0.5) is 0 Å². The van der Waals surface area contributed by atoms with Gasteiger partial charge in [-0.15, -0.1) is 5.10 Å². The Morgan fingerprint density at radius 1 is 1.08 bits per heavy atom. The molecule has 0 bridgehead atoms. The van der Waals surface area contributed by atoms with Crippen LogP contribution in [0.1, 0.15) is 31.0 Å². The molecule has 0 saturated carbocycles. The van der Waals surface area contributed by atoms with Crippen molar-refractivity contribution in [1.29, 1.82) is 0 Å². The number of aromatic hydroxyl groups is 2. The zero-order valence-electron chi connectivity index (χ0n) is 13.9. The van der Waals surface area contributed by atoms with Gasteiger partial charge in [0.05, 0.1) is 17.8 Å². The molecule has 1 aliphatic rings. The number of nitrogens with zero attached hydrogens (tertiary/aromatic N) is 5. The Bertz CT molecular complexity index is 1010. The lowest BCUT2D eigenvalue weighted by molar-refractivity contribution is 0.448. The number of fused-ring (bicyclic) bond motifs is 1. The number of benzene rings is 2. The van der Waals surface area contributed by atoms with Crippen LogP contribution in [0.5, 0.6) is 11.5 Å². The highest BCUT2D eigenvalue weighted by Gasteiger charge is 2.20. The molecule has 0 saturated heterocycles. The summed E-state index contributed by atoms with van der Waals surface area (Å²) in [6, 6.07) is 10.7. The van der Waals surface area contributed by atoms with E-state index in [1.165, 1.54) is 12.1 Å². The lowest BCUT2D eigenvalue weighted by atomic mass is 10.1. The van der Waals surface area contributed by atoms with Crippen LogP contribution in [0.25, 0.3) is 11.0 Å². The number of amidine groups is 1. The maximum atomic E-state index is 9.97. The topological polar surface area (TPSA) is 95.9 Å². The average Bonchev–Trinajstić information content (AvgIpc) is 3.21. The minimum absolute atomic E-state index is 0.0425. The average molecular weight is 335 g/mol. The first-order valence-electron chi connectivity index (χ1n) is 8.03. The van der Waals surface area contributed by atoms with Crippen molar-refractivity contribution in [2.24, 2.45) is 9.98 Å². The third-order valence-corrected chi connectivity index (χ3v) is 4.16. The largest absolute Gasteiger partial charge is 0.507 e. The minimum atomic E-state index is -0.0425. The third-order valence-electron chi connectivity index (χ3n) is 4.16. The number of aromatic nitrogens is 3. The lowest BCUT2D eigenvalue weighted by Crippen LogP contribution is -2.04. The maximum absolute atomic E-state index is 9.97. The van der Waals surface area contributed by atoms with E-state index in [0.29, 0.717) is 12.4 Å². The Labute approximate surface area is 144 Å². The van der Waals surface area contributed by atoms with Crippen molar-refractivity contribution in [3.05, 3.63) is 47.5 Å². The summed E-state index contributed by atoms with van der Waals surface area (Å²) in [4.78, 5) is 8.84. The SMILES string of the molecule is CC(C)n1nnc2cc(C3=NC(c4c(O)cccc4O)=NC3)ccc21. The highest BCUT2D eigenvalue weighted by molar-refractivity contribution is 6.19. The molecule has 7 nitrogen and oxygen atoms in total. The van der Waals surface area contributed by atoms with Gasteiger partial charge < -0.3 is 10.2 Å². The maximum Gasteiger partial charge on any atom is 0.162 e. The Balaban J connectivity index is 1.71. The summed E-state index contributed by atoms with van der Waals surface area (Å²) in [7, 11) is 0. The normalized spacial score (nSPS) is 14.2. The highest BCUT2D eigenvalue weighted by atomic mass is 16.3. The van der Waals surface area contributed by atoms with Crippen molar-refractivity contribution in [3.63, 3.8) is 0 Å². The molecular weight excluding hydrogens is 318 g/mol. The summed E-state index contributed by atoms with van der Waals surface area (Å²) in [5.74, 6) is 0.245. The van der Waals surface area contributed by atoms with E-state index in [1.54, 1.807) is 6.07 Å². The first kappa shape index (κ1) is 15.3. The van der Waals surface area contributed by atoms with Crippen molar-refractivity contribution in [3.8, 4) is 11.5 Å². The Hall–Kier alpha value is -3.22. The molecule has 4 rings (SSSR count). The number of hydrogen-bond acceptors (Lipinski definition) is 6. The molecule has 0 spiro atoms. The second-order valence-electron chi connectivity index (χ2n) is 6.20. The molecule has 1 aliphatic heterocycles. The molecular formula is C18H17N5O2. The van der Waals surface area contributed by atoms with Crippen LogP contribution in [-0.4, -0.2) is 43.3 Å². The van der Waals surface area contributed by atoms with Gasteiger partial charge in [-0.25, -0.2) is 9.67 Å². The summed E-state index contributed by atoms with van der Waals surface area (Å²) >= 11 is 0. The standard InChI is InChI=1S/C18H17N5O2/c1-10(2)23-14-7-6-11(8-12(14)21-22-23)13-9-19-18(20-13)17-15(24)4-3-5-16(17)25/h3-8,10,24-25H,9H2,1-2H3. The van der Waals surface area contributed by atoms with Gasteiger partial charge in [-0.3, -0.25) is 4.99 Å². The van der Waals surface area contributed by atoms with E-state index in [-0.39, 0.29) is 23.1 Å². The molecule has 126 valence electrons. The van der Waals surface area contributed by atoms with Gasteiger partial charge >= 0.3 is 0 Å². The summed E-state index contributed by atoms with van der Waals surface area (Å²) < 4.78 is 1.87.